The van der Waals surface area contributed by atoms with Gasteiger partial charge in [-0.1, -0.05) is 31.5 Å². The minimum Gasteiger partial charge on any atom is -0.506 e. The van der Waals surface area contributed by atoms with Gasteiger partial charge >= 0.3 is 0 Å². The Morgan fingerprint density at radius 3 is 2.88 bits per heavy atom. The summed E-state index contributed by atoms with van der Waals surface area (Å²) in [5.41, 5.74) is 1.42. The number of likely N-dealkylation sites (tertiary alicyclic amines) is 1. The lowest BCUT2D eigenvalue weighted by atomic mass is 9.73. The molecule has 6 heteroatoms. The zero-order valence-corrected chi connectivity index (χ0v) is 14.6. The Bertz CT molecular complexity index is 865. The first-order valence-corrected chi connectivity index (χ1v) is 8.95. The lowest BCUT2D eigenvalue weighted by molar-refractivity contribution is -0.121. The molecule has 2 aliphatic rings. The summed E-state index contributed by atoms with van der Waals surface area (Å²) in [6.45, 7) is 2.57. The lowest BCUT2D eigenvalue weighted by Crippen LogP contribution is -2.48. The second-order valence-corrected chi connectivity index (χ2v) is 6.93. The number of para-hydroxylation sites is 1. The number of aromatic nitrogens is 1. The summed E-state index contributed by atoms with van der Waals surface area (Å²) in [6, 6.07) is 10.5. The third-order valence-electron chi connectivity index (χ3n) is 5.54. The van der Waals surface area contributed by atoms with Gasteiger partial charge in [0.2, 0.25) is 5.91 Å². The highest BCUT2D eigenvalue weighted by molar-refractivity contribution is 6.08. The third kappa shape index (κ3) is 2.29. The number of anilines is 1. The Labute approximate surface area is 151 Å². The fraction of sp³-hybridized carbons (Fsp3) is 0.350. The van der Waals surface area contributed by atoms with E-state index in [0.29, 0.717) is 13.0 Å². The lowest BCUT2D eigenvalue weighted by Gasteiger charge is -2.33. The smallest absolute Gasteiger partial charge is 0.272 e. The van der Waals surface area contributed by atoms with Crippen molar-refractivity contribution in [1.29, 1.82) is 0 Å². The van der Waals surface area contributed by atoms with Crippen LogP contribution >= 0.6 is 0 Å². The minimum atomic E-state index is -0.695. The van der Waals surface area contributed by atoms with Crippen LogP contribution in [0, 0.1) is 0 Å². The second kappa shape index (κ2) is 6.12. The third-order valence-corrected chi connectivity index (χ3v) is 5.54. The van der Waals surface area contributed by atoms with Gasteiger partial charge in [0.25, 0.3) is 5.91 Å². The summed E-state index contributed by atoms with van der Waals surface area (Å²) >= 11 is 0. The van der Waals surface area contributed by atoms with Crippen LogP contribution in [0.1, 0.15) is 42.2 Å². The van der Waals surface area contributed by atoms with Crippen molar-refractivity contribution in [3.05, 3.63) is 53.9 Å². The number of rotatable bonds is 3. The summed E-state index contributed by atoms with van der Waals surface area (Å²) < 4.78 is 0. The Morgan fingerprint density at radius 1 is 1.35 bits per heavy atom. The van der Waals surface area contributed by atoms with Crippen molar-refractivity contribution in [3.8, 4) is 5.75 Å². The number of pyridine rings is 1. The molecule has 1 saturated heterocycles. The van der Waals surface area contributed by atoms with E-state index in [1.807, 2.05) is 24.3 Å². The Hall–Kier alpha value is -2.89. The number of hydrogen-bond donors (Lipinski definition) is 2. The molecule has 0 aliphatic carbocycles. The molecule has 26 heavy (non-hydrogen) atoms. The summed E-state index contributed by atoms with van der Waals surface area (Å²) in [7, 11) is 0. The maximum atomic E-state index is 13.1. The summed E-state index contributed by atoms with van der Waals surface area (Å²) in [4.78, 5) is 31.9. The molecule has 1 fully saturated rings. The topological polar surface area (TPSA) is 82.5 Å². The fourth-order valence-electron chi connectivity index (χ4n) is 4.38. The number of fused-ring (bicyclic) bond motifs is 2. The van der Waals surface area contributed by atoms with E-state index in [1.54, 1.807) is 4.90 Å². The van der Waals surface area contributed by atoms with Crippen LogP contribution in [0.2, 0.25) is 0 Å². The van der Waals surface area contributed by atoms with Gasteiger partial charge in [-0.3, -0.25) is 9.59 Å². The summed E-state index contributed by atoms with van der Waals surface area (Å²) in [5.74, 6) is -0.197. The molecule has 0 bridgehead atoms. The van der Waals surface area contributed by atoms with Crippen molar-refractivity contribution in [1.82, 2.24) is 9.88 Å². The Kier molecular flexibility index (Phi) is 3.90. The average molecular weight is 351 g/mol. The summed E-state index contributed by atoms with van der Waals surface area (Å²) in [5, 5.41) is 12.4. The predicted octanol–water partition coefficient (Wildman–Crippen LogP) is 2.69. The van der Waals surface area contributed by atoms with Gasteiger partial charge in [0.05, 0.1) is 17.7 Å². The van der Waals surface area contributed by atoms with E-state index in [-0.39, 0.29) is 29.3 Å². The number of nitrogens with zero attached hydrogens (tertiary/aromatic N) is 2. The molecule has 1 aromatic heterocycles. The quantitative estimate of drug-likeness (QED) is 0.891. The van der Waals surface area contributed by atoms with Crippen LogP contribution in [0.3, 0.4) is 0 Å². The van der Waals surface area contributed by atoms with E-state index in [0.717, 1.165) is 24.1 Å². The van der Waals surface area contributed by atoms with Crippen LogP contribution in [0.5, 0.6) is 5.75 Å². The molecule has 2 amide bonds. The molecule has 0 unspecified atom stereocenters. The zero-order chi connectivity index (χ0) is 18.3. The molecule has 6 nitrogen and oxygen atoms in total. The predicted molar refractivity (Wildman–Crippen MR) is 97.0 cm³/mol. The molecule has 0 radical (unpaired) electrons. The molecule has 0 saturated carbocycles. The van der Waals surface area contributed by atoms with Gasteiger partial charge < -0.3 is 15.3 Å². The van der Waals surface area contributed by atoms with Gasteiger partial charge in [-0.15, -0.1) is 0 Å². The van der Waals surface area contributed by atoms with Crippen molar-refractivity contribution >= 4 is 17.5 Å². The van der Waals surface area contributed by atoms with E-state index < -0.39 is 5.41 Å². The molecule has 2 aliphatic heterocycles. The highest BCUT2D eigenvalue weighted by Gasteiger charge is 2.58. The number of carbonyl (C=O) groups is 2. The zero-order valence-electron chi connectivity index (χ0n) is 14.6. The van der Waals surface area contributed by atoms with E-state index in [1.165, 1.54) is 18.3 Å². The Balaban J connectivity index is 1.74. The molecule has 2 aromatic rings. The highest BCUT2D eigenvalue weighted by Crippen LogP contribution is 2.49. The SMILES string of the molecule is CCC[C@@H]1N(C(=O)c2ccc(O)cn2)CC[C@@]12C(=O)Nc1ccccc12. The van der Waals surface area contributed by atoms with Crippen LogP contribution in [0.15, 0.2) is 42.6 Å². The molecule has 2 N–H and O–H groups in total. The second-order valence-electron chi connectivity index (χ2n) is 6.93. The molecule has 2 atom stereocenters. The molecule has 1 aromatic carbocycles. The van der Waals surface area contributed by atoms with Crippen LogP contribution in [-0.4, -0.2) is 39.4 Å². The van der Waals surface area contributed by atoms with Gasteiger partial charge in [0.1, 0.15) is 11.4 Å². The maximum Gasteiger partial charge on any atom is 0.272 e. The molecule has 134 valence electrons. The normalized spacial score (nSPS) is 24.0. The van der Waals surface area contributed by atoms with Crippen molar-refractivity contribution in [2.45, 2.75) is 37.6 Å². The minimum absolute atomic E-state index is 0.0219. The molecule has 3 heterocycles. The largest absolute Gasteiger partial charge is 0.506 e. The van der Waals surface area contributed by atoms with Crippen LogP contribution in [-0.2, 0) is 10.2 Å². The first-order chi connectivity index (χ1) is 12.6. The average Bonchev–Trinajstić information content (AvgIpc) is 3.16. The van der Waals surface area contributed by atoms with Crippen molar-refractivity contribution in [3.63, 3.8) is 0 Å². The Morgan fingerprint density at radius 2 is 2.15 bits per heavy atom. The van der Waals surface area contributed by atoms with Crippen molar-refractivity contribution in [2.75, 3.05) is 11.9 Å². The maximum absolute atomic E-state index is 13.1. The van der Waals surface area contributed by atoms with Gasteiger partial charge in [0.15, 0.2) is 0 Å². The van der Waals surface area contributed by atoms with Crippen molar-refractivity contribution in [2.24, 2.45) is 0 Å². The van der Waals surface area contributed by atoms with Crippen LogP contribution < -0.4 is 5.32 Å². The van der Waals surface area contributed by atoms with E-state index in [4.69, 9.17) is 0 Å². The highest BCUT2D eigenvalue weighted by atomic mass is 16.3. The first kappa shape index (κ1) is 16.6. The van der Waals surface area contributed by atoms with Gasteiger partial charge in [-0.25, -0.2) is 4.98 Å². The number of nitrogens with one attached hydrogen (secondary N) is 1. The number of benzene rings is 1. The summed E-state index contributed by atoms with van der Waals surface area (Å²) in [6.07, 6.45) is 3.48. The number of aromatic hydroxyl groups is 1. The van der Waals surface area contributed by atoms with E-state index in [2.05, 4.69) is 17.2 Å². The van der Waals surface area contributed by atoms with Crippen LogP contribution in [0.25, 0.3) is 0 Å². The monoisotopic (exact) mass is 351 g/mol. The van der Waals surface area contributed by atoms with Gasteiger partial charge in [-0.05, 0) is 36.6 Å². The first-order valence-electron chi connectivity index (χ1n) is 8.95. The van der Waals surface area contributed by atoms with E-state index >= 15 is 0 Å². The van der Waals surface area contributed by atoms with E-state index in [9.17, 15) is 14.7 Å². The molecular formula is C20H21N3O3. The standard InChI is InChI=1S/C20H21N3O3/c1-2-5-17-20(14-6-3-4-7-15(14)22-19(20)26)10-11-23(17)18(25)16-9-8-13(24)12-21-16/h3-4,6-9,12,17,24H,2,5,10-11H2,1H3,(H,22,26)/t17-,20-/m0/s1. The molecular weight excluding hydrogens is 330 g/mol. The van der Waals surface area contributed by atoms with Gasteiger partial charge in [-0.2, -0.15) is 0 Å². The number of hydrogen-bond acceptors (Lipinski definition) is 4. The van der Waals surface area contributed by atoms with Gasteiger partial charge in [0, 0.05) is 12.2 Å². The molecule has 4 rings (SSSR count). The molecule has 1 spiro atoms. The fourth-order valence-corrected chi connectivity index (χ4v) is 4.38. The number of carbonyl (C=O) groups excluding carboxylic acids is 2. The van der Waals surface area contributed by atoms with Crippen molar-refractivity contribution < 1.29 is 14.7 Å². The number of amides is 2. The van der Waals surface area contributed by atoms with Crippen LogP contribution in [0.4, 0.5) is 5.69 Å².